The van der Waals surface area contributed by atoms with Gasteiger partial charge < -0.3 is 10.1 Å². The molecule has 0 aliphatic carbocycles. The normalized spacial score (nSPS) is 11.7. The van der Waals surface area contributed by atoms with Crippen molar-refractivity contribution in [2.24, 2.45) is 0 Å². The molecule has 1 aromatic carbocycles. The maximum absolute atomic E-state index is 11.8. The minimum absolute atomic E-state index is 0.177. The smallest absolute Gasteiger partial charge is 0.320 e. The second kappa shape index (κ2) is 7.96. The summed E-state index contributed by atoms with van der Waals surface area (Å²) in [5.74, 6) is 0.405. The molecule has 0 bridgehead atoms. The molecular weight excluding hydrogens is 268 g/mol. The van der Waals surface area contributed by atoms with Gasteiger partial charge in [0.05, 0.1) is 6.10 Å². The quantitative estimate of drug-likeness (QED) is 0.854. The molecule has 0 radical (unpaired) electrons. The second-order valence-corrected chi connectivity index (χ2v) is 4.30. The molecular formula is C15H18N4O2. The Kier molecular flexibility index (Phi) is 5.66. The SMILES string of the molecule is CCO[C@H](CNC(=O)Nc1cccnn1)c1ccccc1. The van der Waals surface area contributed by atoms with Crippen LogP contribution < -0.4 is 10.6 Å². The van der Waals surface area contributed by atoms with Crippen molar-refractivity contribution < 1.29 is 9.53 Å². The number of hydrogen-bond acceptors (Lipinski definition) is 4. The van der Waals surface area contributed by atoms with Crippen molar-refractivity contribution in [1.82, 2.24) is 15.5 Å². The molecule has 0 aliphatic heterocycles. The number of carbonyl (C=O) groups excluding carboxylic acids is 1. The topological polar surface area (TPSA) is 76.1 Å². The summed E-state index contributed by atoms with van der Waals surface area (Å²) in [5.41, 5.74) is 1.03. The third-order valence-corrected chi connectivity index (χ3v) is 2.80. The third-order valence-electron chi connectivity index (χ3n) is 2.80. The molecule has 1 aromatic heterocycles. The number of anilines is 1. The molecule has 6 heteroatoms. The fourth-order valence-corrected chi connectivity index (χ4v) is 1.86. The van der Waals surface area contributed by atoms with Gasteiger partial charge in [-0.05, 0) is 24.6 Å². The van der Waals surface area contributed by atoms with Gasteiger partial charge in [-0.3, -0.25) is 5.32 Å². The Balaban J connectivity index is 1.88. The highest BCUT2D eigenvalue weighted by molar-refractivity contribution is 5.88. The van der Waals surface area contributed by atoms with Crippen molar-refractivity contribution in [2.75, 3.05) is 18.5 Å². The maximum Gasteiger partial charge on any atom is 0.320 e. The van der Waals surface area contributed by atoms with Crippen LogP contribution in [0.1, 0.15) is 18.6 Å². The van der Waals surface area contributed by atoms with Gasteiger partial charge in [0.1, 0.15) is 0 Å². The number of aromatic nitrogens is 2. The van der Waals surface area contributed by atoms with Crippen LogP contribution in [0.25, 0.3) is 0 Å². The zero-order valence-corrected chi connectivity index (χ0v) is 11.8. The summed E-state index contributed by atoms with van der Waals surface area (Å²) in [6.45, 7) is 2.88. The van der Waals surface area contributed by atoms with E-state index in [1.807, 2.05) is 37.3 Å². The van der Waals surface area contributed by atoms with Crippen molar-refractivity contribution >= 4 is 11.8 Å². The van der Waals surface area contributed by atoms with Gasteiger partial charge in [0.25, 0.3) is 0 Å². The van der Waals surface area contributed by atoms with Gasteiger partial charge in [-0.25, -0.2) is 4.79 Å². The second-order valence-electron chi connectivity index (χ2n) is 4.30. The van der Waals surface area contributed by atoms with E-state index >= 15 is 0 Å². The summed E-state index contributed by atoms with van der Waals surface area (Å²) in [4.78, 5) is 11.8. The van der Waals surface area contributed by atoms with Gasteiger partial charge in [-0.1, -0.05) is 30.3 Å². The Hall–Kier alpha value is -2.47. The predicted octanol–water partition coefficient (Wildman–Crippen LogP) is 2.38. The lowest BCUT2D eigenvalue weighted by Crippen LogP contribution is -2.33. The lowest BCUT2D eigenvalue weighted by molar-refractivity contribution is 0.0643. The van der Waals surface area contributed by atoms with Crippen molar-refractivity contribution in [3.63, 3.8) is 0 Å². The Morgan fingerprint density at radius 2 is 2.05 bits per heavy atom. The van der Waals surface area contributed by atoms with Crippen LogP contribution in [0.15, 0.2) is 48.7 Å². The molecule has 21 heavy (non-hydrogen) atoms. The molecule has 0 saturated carbocycles. The van der Waals surface area contributed by atoms with Crippen molar-refractivity contribution in [3.05, 3.63) is 54.2 Å². The minimum atomic E-state index is -0.337. The molecule has 0 saturated heterocycles. The third kappa shape index (κ3) is 4.85. The predicted molar refractivity (Wildman–Crippen MR) is 79.9 cm³/mol. The summed E-state index contributed by atoms with van der Waals surface area (Å²) in [6, 6.07) is 12.8. The number of amides is 2. The molecule has 2 N–H and O–H groups in total. The van der Waals surface area contributed by atoms with E-state index < -0.39 is 0 Å². The largest absolute Gasteiger partial charge is 0.372 e. The molecule has 6 nitrogen and oxygen atoms in total. The maximum atomic E-state index is 11.8. The van der Waals surface area contributed by atoms with Crippen LogP contribution in [0.4, 0.5) is 10.6 Å². The average molecular weight is 286 g/mol. The fraction of sp³-hybridized carbons (Fsp3) is 0.267. The minimum Gasteiger partial charge on any atom is -0.372 e. The Labute approximate surface area is 123 Å². The first-order chi connectivity index (χ1) is 10.3. The lowest BCUT2D eigenvalue weighted by Gasteiger charge is -2.18. The highest BCUT2D eigenvalue weighted by atomic mass is 16.5. The van der Waals surface area contributed by atoms with Gasteiger partial charge in [-0.15, -0.1) is 5.10 Å². The van der Waals surface area contributed by atoms with Crippen LogP contribution >= 0.6 is 0 Å². The van der Waals surface area contributed by atoms with Crippen molar-refractivity contribution in [2.45, 2.75) is 13.0 Å². The van der Waals surface area contributed by atoms with E-state index in [1.165, 1.54) is 0 Å². The molecule has 2 amide bonds. The number of ether oxygens (including phenoxy) is 1. The number of nitrogens with zero attached hydrogens (tertiary/aromatic N) is 2. The molecule has 0 unspecified atom stereocenters. The van der Waals surface area contributed by atoms with E-state index in [2.05, 4.69) is 20.8 Å². The van der Waals surface area contributed by atoms with Crippen LogP contribution in [0.5, 0.6) is 0 Å². The zero-order valence-electron chi connectivity index (χ0n) is 11.8. The first-order valence-electron chi connectivity index (χ1n) is 6.78. The lowest BCUT2D eigenvalue weighted by atomic mass is 10.1. The number of benzene rings is 1. The molecule has 0 fully saturated rings. The summed E-state index contributed by atoms with van der Waals surface area (Å²) < 4.78 is 5.66. The summed E-state index contributed by atoms with van der Waals surface area (Å²) in [6.07, 6.45) is 1.37. The number of urea groups is 1. The van der Waals surface area contributed by atoms with Crippen LogP contribution in [0.3, 0.4) is 0 Å². The van der Waals surface area contributed by atoms with Gasteiger partial charge in [0.2, 0.25) is 0 Å². The number of carbonyl (C=O) groups is 1. The standard InChI is InChI=1S/C15H18N4O2/c1-2-21-13(12-7-4-3-5-8-12)11-16-15(20)18-14-9-6-10-17-19-14/h3-10,13H,2,11H2,1H3,(H2,16,18,19,20)/t13-/m1/s1. The van der Waals surface area contributed by atoms with Crippen LogP contribution in [0, 0.1) is 0 Å². The number of rotatable bonds is 6. The monoisotopic (exact) mass is 286 g/mol. The van der Waals surface area contributed by atoms with E-state index in [-0.39, 0.29) is 12.1 Å². The van der Waals surface area contributed by atoms with Gasteiger partial charge in [0, 0.05) is 19.3 Å². The number of hydrogen-bond donors (Lipinski definition) is 2. The van der Waals surface area contributed by atoms with E-state index in [0.717, 1.165) is 5.56 Å². The van der Waals surface area contributed by atoms with E-state index in [1.54, 1.807) is 18.3 Å². The van der Waals surface area contributed by atoms with E-state index in [4.69, 9.17) is 4.74 Å². The molecule has 1 atom stereocenters. The van der Waals surface area contributed by atoms with Crippen LogP contribution in [0.2, 0.25) is 0 Å². The van der Waals surface area contributed by atoms with Crippen molar-refractivity contribution in [1.29, 1.82) is 0 Å². The van der Waals surface area contributed by atoms with Gasteiger partial charge >= 0.3 is 6.03 Å². The summed E-state index contributed by atoms with van der Waals surface area (Å²) in [7, 11) is 0. The van der Waals surface area contributed by atoms with Crippen LogP contribution in [-0.4, -0.2) is 29.4 Å². The molecule has 2 aromatic rings. The van der Waals surface area contributed by atoms with E-state index in [0.29, 0.717) is 19.0 Å². The highest BCUT2D eigenvalue weighted by Gasteiger charge is 2.12. The average Bonchev–Trinajstić information content (AvgIpc) is 2.53. The Bertz CT molecular complexity index is 548. The summed E-state index contributed by atoms with van der Waals surface area (Å²) >= 11 is 0. The molecule has 110 valence electrons. The Morgan fingerprint density at radius 1 is 1.24 bits per heavy atom. The first kappa shape index (κ1) is 14.9. The van der Waals surface area contributed by atoms with Crippen molar-refractivity contribution in [3.8, 4) is 0 Å². The highest BCUT2D eigenvalue weighted by Crippen LogP contribution is 2.15. The molecule has 0 spiro atoms. The number of nitrogens with one attached hydrogen (secondary N) is 2. The Morgan fingerprint density at radius 3 is 2.71 bits per heavy atom. The van der Waals surface area contributed by atoms with Crippen LogP contribution in [-0.2, 0) is 4.74 Å². The fourth-order valence-electron chi connectivity index (χ4n) is 1.86. The molecule has 0 aliphatic rings. The molecule has 1 heterocycles. The van der Waals surface area contributed by atoms with E-state index in [9.17, 15) is 4.79 Å². The van der Waals surface area contributed by atoms with Gasteiger partial charge in [-0.2, -0.15) is 5.10 Å². The summed E-state index contributed by atoms with van der Waals surface area (Å²) in [5, 5.41) is 12.9. The molecule has 2 rings (SSSR count). The van der Waals surface area contributed by atoms with Gasteiger partial charge in [0.15, 0.2) is 5.82 Å². The zero-order chi connectivity index (χ0) is 14.9. The first-order valence-corrected chi connectivity index (χ1v) is 6.78.